The molecule has 35 heavy (non-hydrogen) atoms. The van der Waals surface area contributed by atoms with Crippen molar-refractivity contribution in [3.05, 3.63) is 65.3 Å². The standard InChI is InChI=1S/C23H24F3N5O2.CH3B/c1-15-4-3-5-18(12-15)31(23(32)30-10-8-29(2)9-11-30)14-17-7-6-16(13-19(17)24)21-27-28-22(33-21)20(25)26;1-2/h3-7,12-13,20H,8-11,14H2,1-2H3;1H3. The maximum atomic E-state index is 15.0. The highest BCUT2D eigenvalue weighted by molar-refractivity contribution is 6.05. The van der Waals surface area contributed by atoms with Crippen LogP contribution in [0.2, 0.25) is 6.82 Å². The van der Waals surface area contributed by atoms with Gasteiger partial charge < -0.3 is 14.2 Å². The highest BCUT2D eigenvalue weighted by Gasteiger charge is 2.26. The monoisotopic (exact) mass is 485 g/mol. The maximum absolute atomic E-state index is 15.0. The molecular weight excluding hydrogens is 458 g/mol. The molecule has 0 aliphatic carbocycles. The van der Waals surface area contributed by atoms with Crippen LogP contribution < -0.4 is 4.90 Å². The molecule has 1 saturated heterocycles. The predicted octanol–water partition coefficient (Wildman–Crippen LogP) is 4.70. The number of benzene rings is 2. The SMILES string of the molecule is Cc1cccc(N(Cc2ccc(-c3nnc(C(F)F)o3)cc2F)C(=O)N2CCN(C)CC2)c1.[B]C. The van der Waals surface area contributed by atoms with Gasteiger partial charge in [0.15, 0.2) is 0 Å². The molecule has 2 radical (unpaired) electrons. The van der Waals surface area contributed by atoms with E-state index in [9.17, 15) is 13.6 Å². The average molecular weight is 485 g/mol. The highest BCUT2D eigenvalue weighted by Crippen LogP contribution is 2.27. The van der Waals surface area contributed by atoms with Gasteiger partial charge in [0.05, 0.1) is 14.4 Å². The van der Waals surface area contributed by atoms with Gasteiger partial charge in [-0.15, -0.1) is 10.2 Å². The lowest BCUT2D eigenvalue weighted by Crippen LogP contribution is -2.52. The van der Waals surface area contributed by atoms with Crippen molar-refractivity contribution in [1.82, 2.24) is 20.0 Å². The molecule has 184 valence electrons. The topological polar surface area (TPSA) is 65.7 Å². The Morgan fingerprint density at radius 2 is 1.83 bits per heavy atom. The van der Waals surface area contributed by atoms with E-state index in [2.05, 4.69) is 22.9 Å². The number of hydrogen-bond donors (Lipinski definition) is 0. The Hall–Kier alpha value is -3.34. The zero-order valence-electron chi connectivity index (χ0n) is 19.9. The van der Waals surface area contributed by atoms with E-state index < -0.39 is 18.1 Å². The first-order valence-electron chi connectivity index (χ1n) is 11.1. The van der Waals surface area contributed by atoms with Gasteiger partial charge in [-0.05, 0) is 43.8 Å². The Morgan fingerprint density at radius 1 is 1.11 bits per heavy atom. The largest absolute Gasteiger partial charge is 0.415 e. The lowest BCUT2D eigenvalue weighted by atomic mass is 10.1. The first-order chi connectivity index (χ1) is 16.8. The lowest BCUT2D eigenvalue weighted by Gasteiger charge is -2.36. The molecule has 2 amide bonds. The Labute approximate surface area is 203 Å². The van der Waals surface area contributed by atoms with Gasteiger partial charge in [0, 0.05) is 43.0 Å². The normalized spacial score (nSPS) is 14.0. The minimum Gasteiger partial charge on any atom is -0.415 e. The van der Waals surface area contributed by atoms with Crippen molar-refractivity contribution < 1.29 is 22.4 Å². The number of aromatic nitrogens is 2. The second-order valence-corrected chi connectivity index (χ2v) is 8.05. The third kappa shape index (κ3) is 6.42. The summed E-state index contributed by atoms with van der Waals surface area (Å²) in [6.45, 7) is 6.14. The van der Waals surface area contributed by atoms with Crippen molar-refractivity contribution in [2.45, 2.75) is 26.7 Å². The average Bonchev–Trinajstić information content (AvgIpc) is 3.35. The molecule has 0 atom stereocenters. The third-order valence-electron chi connectivity index (χ3n) is 5.57. The summed E-state index contributed by atoms with van der Waals surface area (Å²) >= 11 is 0. The molecule has 2 aromatic carbocycles. The Morgan fingerprint density at radius 3 is 2.43 bits per heavy atom. The summed E-state index contributed by atoms with van der Waals surface area (Å²) in [5.74, 6) is -1.62. The van der Waals surface area contributed by atoms with Crippen LogP contribution in [0.5, 0.6) is 0 Å². The number of piperazine rings is 1. The highest BCUT2D eigenvalue weighted by atomic mass is 19.3. The van der Waals surface area contributed by atoms with Gasteiger partial charge >= 0.3 is 12.5 Å². The van der Waals surface area contributed by atoms with Crippen LogP contribution in [0.15, 0.2) is 46.9 Å². The number of urea groups is 1. The van der Waals surface area contributed by atoms with E-state index in [0.717, 1.165) is 24.7 Å². The van der Waals surface area contributed by atoms with E-state index in [-0.39, 0.29) is 29.6 Å². The molecule has 1 fully saturated rings. The fourth-order valence-corrected chi connectivity index (χ4v) is 3.65. The van der Waals surface area contributed by atoms with Crippen LogP contribution in [0.4, 0.5) is 23.7 Å². The number of amides is 2. The fourth-order valence-electron chi connectivity index (χ4n) is 3.65. The van der Waals surface area contributed by atoms with Gasteiger partial charge in [-0.2, -0.15) is 8.78 Å². The van der Waals surface area contributed by atoms with Crippen LogP contribution in [0.1, 0.15) is 23.4 Å². The summed E-state index contributed by atoms with van der Waals surface area (Å²) in [5, 5.41) is 6.82. The van der Waals surface area contributed by atoms with E-state index in [1.54, 1.807) is 9.80 Å². The number of halogens is 3. The zero-order chi connectivity index (χ0) is 25.5. The molecule has 1 aliphatic rings. The van der Waals surface area contributed by atoms with Crippen LogP contribution in [0.3, 0.4) is 0 Å². The first-order valence-corrected chi connectivity index (χ1v) is 11.1. The van der Waals surface area contributed by atoms with Crippen molar-refractivity contribution >= 4 is 19.6 Å². The van der Waals surface area contributed by atoms with Crippen molar-refractivity contribution in [1.29, 1.82) is 0 Å². The number of alkyl halides is 2. The molecule has 1 aromatic heterocycles. The maximum Gasteiger partial charge on any atom is 0.324 e. The number of carbonyl (C=O) groups is 1. The predicted molar refractivity (Wildman–Crippen MR) is 128 cm³/mol. The molecule has 0 unspecified atom stereocenters. The number of aryl methyl sites for hydroxylation is 1. The molecule has 2 heterocycles. The number of rotatable bonds is 5. The van der Waals surface area contributed by atoms with Gasteiger partial charge in [-0.25, -0.2) is 9.18 Å². The third-order valence-corrected chi connectivity index (χ3v) is 5.57. The molecule has 0 N–H and O–H groups in total. The second-order valence-electron chi connectivity index (χ2n) is 8.05. The lowest BCUT2D eigenvalue weighted by molar-refractivity contribution is 0.116. The quantitative estimate of drug-likeness (QED) is 0.491. The fraction of sp³-hybridized carbons (Fsp3) is 0.375. The van der Waals surface area contributed by atoms with E-state index in [0.29, 0.717) is 18.8 Å². The summed E-state index contributed by atoms with van der Waals surface area (Å²) in [6, 6.07) is 11.4. The van der Waals surface area contributed by atoms with E-state index in [1.165, 1.54) is 19.0 Å². The van der Waals surface area contributed by atoms with Crippen LogP contribution in [0, 0.1) is 12.7 Å². The minimum absolute atomic E-state index is 0.00680. The molecule has 1 aliphatic heterocycles. The molecule has 7 nitrogen and oxygen atoms in total. The van der Waals surface area contributed by atoms with Crippen molar-refractivity contribution in [3.8, 4) is 11.5 Å². The van der Waals surface area contributed by atoms with Crippen LogP contribution in [0.25, 0.3) is 11.5 Å². The van der Waals surface area contributed by atoms with Gasteiger partial charge in [0.1, 0.15) is 5.82 Å². The molecule has 3 aromatic rings. The number of likely N-dealkylation sites (N-methyl/N-ethyl adjacent to an activating group) is 1. The zero-order valence-corrected chi connectivity index (χ0v) is 19.9. The van der Waals surface area contributed by atoms with Crippen molar-refractivity contribution in [3.63, 3.8) is 0 Å². The van der Waals surface area contributed by atoms with Crippen LogP contribution in [-0.4, -0.2) is 67.1 Å². The van der Waals surface area contributed by atoms with Crippen LogP contribution in [-0.2, 0) is 6.54 Å². The molecule has 11 heteroatoms. The molecule has 0 spiro atoms. The van der Waals surface area contributed by atoms with Gasteiger partial charge in [-0.3, -0.25) is 4.90 Å². The van der Waals surface area contributed by atoms with E-state index >= 15 is 4.39 Å². The number of anilines is 1. The van der Waals surface area contributed by atoms with Gasteiger partial charge in [0.25, 0.3) is 5.89 Å². The number of hydrogen-bond acceptors (Lipinski definition) is 5. The smallest absolute Gasteiger partial charge is 0.324 e. The van der Waals surface area contributed by atoms with Gasteiger partial charge in [0.2, 0.25) is 5.89 Å². The minimum atomic E-state index is -2.90. The molecule has 0 bridgehead atoms. The van der Waals surface area contributed by atoms with Crippen molar-refractivity contribution in [2.24, 2.45) is 0 Å². The Bertz CT molecular complexity index is 1140. The Kier molecular flexibility index (Phi) is 8.92. The number of carbonyl (C=O) groups excluding carboxylic acids is 1. The Balaban J connectivity index is 0.00000167. The van der Waals surface area contributed by atoms with Crippen molar-refractivity contribution in [2.75, 3.05) is 38.1 Å². The summed E-state index contributed by atoms with van der Waals surface area (Å²) in [6.07, 6.45) is -2.90. The second kappa shape index (κ2) is 11.9. The van der Waals surface area contributed by atoms with E-state index in [4.69, 9.17) is 4.42 Å². The van der Waals surface area contributed by atoms with Crippen LogP contribution >= 0.6 is 0 Å². The summed E-state index contributed by atoms with van der Waals surface area (Å²) in [7, 11) is 6.50. The van der Waals surface area contributed by atoms with E-state index in [1.807, 2.05) is 38.2 Å². The molecule has 0 saturated carbocycles. The summed E-state index contributed by atoms with van der Waals surface area (Å²) in [5.41, 5.74) is 2.10. The first kappa shape index (κ1) is 26.3. The summed E-state index contributed by atoms with van der Waals surface area (Å²) in [4.78, 5) is 18.9. The molecular formula is C24H27BF3N5O2. The number of nitrogens with zero attached hydrogens (tertiary/aromatic N) is 5. The molecule has 4 rings (SSSR count). The van der Waals surface area contributed by atoms with Gasteiger partial charge in [-0.1, -0.05) is 25.0 Å². The summed E-state index contributed by atoms with van der Waals surface area (Å²) < 4.78 is 45.3.